The van der Waals surface area contributed by atoms with Crippen LogP contribution in [0.5, 0.6) is 0 Å². The first-order valence-electron chi connectivity index (χ1n) is 6.36. The molecular weight excluding hydrogens is 278 g/mol. The predicted octanol–water partition coefficient (Wildman–Crippen LogP) is 1.44. The van der Waals surface area contributed by atoms with E-state index in [-0.39, 0.29) is 12.4 Å². The summed E-state index contributed by atoms with van der Waals surface area (Å²) in [4.78, 5) is 15.5. The second-order valence-electron chi connectivity index (χ2n) is 4.15. The molecule has 0 aromatic carbocycles. The largest absolute Gasteiger partial charge is 0.500 e. The molecular formula is C13H21NO5Si. The van der Waals surface area contributed by atoms with Crippen LogP contribution in [-0.4, -0.2) is 47.7 Å². The lowest BCUT2D eigenvalue weighted by Crippen LogP contribution is -2.42. The summed E-state index contributed by atoms with van der Waals surface area (Å²) in [5, 5.41) is 0. The van der Waals surface area contributed by atoms with Gasteiger partial charge in [0, 0.05) is 39.8 Å². The normalized spacial score (nSPS) is 11.3. The van der Waals surface area contributed by atoms with Gasteiger partial charge < -0.3 is 18.0 Å². The van der Waals surface area contributed by atoms with Gasteiger partial charge in [-0.1, -0.05) is 0 Å². The highest BCUT2D eigenvalue weighted by Crippen LogP contribution is 2.14. The third-order valence-electron chi connectivity index (χ3n) is 2.92. The second-order valence-corrected chi connectivity index (χ2v) is 7.24. The van der Waals surface area contributed by atoms with Gasteiger partial charge in [0.25, 0.3) is 0 Å². The van der Waals surface area contributed by atoms with Gasteiger partial charge >= 0.3 is 14.8 Å². The van der Waals surface area contributed by atoms with Crippen LogP contribution in [0.15, 0.2) is 24.5 Å². The molecule has 0 aliphatic heterocycles. The summed E-state index contributed by atoms with van der Waals surface area (Å²) >= 11 is 0. The highest BCUT2D eigenvalue weighted by Gasteiger charge is 2.36. The molecule has 0 radical (unpaired) electrons. The highest BCUT2D eigenvalue weighted by molar-refractivity contribution is 6.60. The Kier molecular flexibility index (Phi) is 7.38. The van der Waals surface area contributed by atoms with E-state index in [1.54, 1.807) is 45.9 Å². The molecule has 0 N–H and O–H groups in total. The van der Waals surface area contributed by atoms with E-state index < -0.39 is 8.80 Å². The minimum Gasteiger partial charge on any atom is -0.465 e. The zero-order chi connectivity index (χ0) is 14.8. The standard InChI is InChI=1S/C13H21NO5Si/c1-16-20(17-2,18-3)10-4-9-19-13(15)11-12-5-7-14-8-6-12/h5-8H,4,9-11H2,1-3H3. The smallest absolute Gasteiger partial charge is 0.465 e. The molecule has 1 aromatic heterocycles. The SMILES string of the molecule is CO[Si](CCCOC(=O)Cc1ccncc1)(OC)OC. The van der Waals surface area contributed by atoms with Crippen molar-refractivity contribution in [2.45, 2.75) is 18.9 Å². The highest BCUT2D eigenvalue weighted by atomic mass is 28.4. The molecule has 0 amide bonds. The first kappa shape index (κ1) is 16.8. The quantitative estimate of drug-likeness (QED) is 0.390. The molecule has 0 saturated carbocycles. The zero-order valence-corrected chi connectivity index (χ0v) is 13.1. The van der Waals surface area contributed by atoms with Gasteiger partial charge in [-0.05, 0) is 24.1 Å². The van der Waals surface area contributed by atoms with E-state index in [1.807, 2.05) is 0 Å². The van der Waals surface area contributed by atoms with Crippen LogP contribution in [0.25, 0.3) is 0 Å². The topological polar surface area (TPSA) is 66.9 Å². The fourth-order valence-electron chi connectivity index (χ4n) is 1.75. The Labute approximate surface area is 120 Å². The van der Waals surface area contributed by atoms with Crippen molar-refractivity contribution in [3.8, 4) is 0 Å². The lowest BCUT2D eigenvalue weighted by Gasteiger charge is -2.24. The van der Waals surface area contributed by atoms with Gasteiger partial charge in [-0.15, -0.1) is 0 Å². The minimum atomic E-state index is -2.56. The van der Waals surface area contributed by atoms with Crippen LogP contribution in [0.4, 0.5) is 0 Å². The maximum absolute atomic E-state index is 11.6. The molecule has 0 unspecified atom stereocenters. The number of pyridine rings is 1. The number of rotatable bonds is 9. The van der Waals surface area contributed by atoms with Crippen molar-refractivity contribution in [2.24, 2.45) is 0 Å². The van der Waals surface area contributed by atoms with E-state index in [1.165, 1.54) is 0 Å². The van der Waals surface area contributed by atoms with Crippen LogP contribution in [0, 0.1) is 0 Å². The summed E-state index contributed by atoms with van der Waals surface area (Å²) in [7, 11) is 2.13. The summed E-state index contributed by atoms with van der Waals surface area (Å²) in [6, 6.07) is 4.19. The number of carbonyl (C=O) groups is 1. The number of ether oxygens (including phenoxy) is 1. The van der Waals surface area contributed by atoms with Crippen LogP contribution in [0.3, 0.4) is 0 Å². The Bertz CT molecular complexity index is 389. The number of nitrogens with zero attached hydrogens (tertiary/aromatic N) is 1. The second kappa shape index (κ2) is 8.80. The number of esters is 1. The summed E-state index contributed by atoms with van der Waals surface area (Å²) in [6.07, 6.45) is 4.20. The summed E-state index contributed by atoms with van der Waals surface area (Å²) in [5.74, 6) is -0.254. The Hall–Kier alpha value is -1.28. The average molecular weight is 299 g/mol. The van der Waals surface area contributed by atoms with Crippen LogP contribution in [-0.2, 0) is 29.2 Å². The van der Waals surface area contributed by atoms with Gasteiger partial charge in [0.1, 0.15) is 0 Å². The van der Waals surface area contributed by atoms with E-state index in [4.69, 9.17) is 18.0 Å². The maximum Gasteiger partial charge on any atom is 0.500 e. The Morgan fingerprint density at radius 1 is 1.15 bits per heavy atom. The Morgan fingerprint density at radius 2 is 1.75 bits per heavy atom. The molecule has 0 fully saturated rings. The summed E-state index contributed by atoms with van der Waals surface area (Å²) in [5.41, 5.74) is 0.888. The molecule has 20 heavy (non-hydrogen) atoms. The van der Waals surface area contributed by atoms with Crippen LogP contribution in [0.1, 0.15) is 12.0 Å². The average Bonchev–Trinajstić information content (AvgIpc) is 2.49. The third kappa shape index (κ3) is 5.38. The van der Waals surface area contributed by atoms with Gasteiger partial charge in [0.2, 0.25) is 0 Å². The monoisotopic (exact) mass is 299 g/mol. The molecule has 7 heteroatoms. The molecule has 0 aliphatic rings. The van der Waals surface area contributed by atoms with Crippen LogP contribution in [0.2, 0.25) is 6.04 Å². The molecule has 0 atom stereocenters. The Balaban J connectivity index is 2.25. The van der Waals surface area contributed by atoms with Gasteiger partial charge in [0.15, 0.2) is 0 Å². The lowest BCUT2D eigenvalue weighted by molar-refractivity contribution is -0.142. The van der Waals surface area contributed by atoms with Crippen molar-refractivity contribution in [1.29, 1.82) is 0 Å². The van der Waals surface area contributed by atoms with Crippen molar-refractivity contribution in [1.82, 2.24) is 4.98 Å². The number of carbonyl (C=O) groups excluding carboxylic acids is 1. The molecule has 112 valence electrons. The molecule has 0 saturated heterocycles. The van der Waals surface area contributed by atoms with Crippen molar-refractivity contribution in [3.63, 3.8) is 0 Å². The Morgan fingerprint density at radius 3 is 2.30 bits per heavy atom. The minimum absolute atomic E-state index is 0.254. The van der Waals surface area contributed by atoms with E-state index in [2.05, 4.69) is 4.98 Å². The van der Waals surface area contributed by atoms with Crippen LogP contribution >= 0.6 is 0 Å². The van der Waals surface area contributed by atoms with E-state index in [0.29, 0.717) is 19.1 Å². The number of hydrogen-bond donors (Lipinski definition) is 0. The van der Waals surface area contributed by atoms with Crippen molar-refractivity contribution < 1.29 is 22.8 Å². The van der Waals surface area contributed by atoms with Gasteiger partial charge in [0.05, 0.1) is 13.0 Å². The van der Waals surface area contributed by atoms with E-state index in [9.17, 15) is 4.79 Å². The zero-order valence-electron chi connectivity index (χ0n) is 12.1. The van der Waals surface area contributed by atoms with Gasteiger partial charge in [-0.3, -0.25) is 9.78 Å². The van der Waals surface area contributed by atoms with Crippen molar-refractivity contribution >= 4 is 14.8 Å². The lowest BCUT2D eigenvalue weighted by atomic mass is 10.2. The van der Waals surface area contributed by atoms with Crippen molar-refractivity contribution in [2.75, 3.05) is 27.9 Å². The van der Waals surface area contributed by atoms with Crippen molar-refractivity contribution in [3.05, 3.63) is 30.1 Å². The first-order valence-corrected chi connectivity index (χ1v) is 8.29. The maximum atomic E-state index is 11.6. The molecule has 6 nitrogen and oxygen atoms in total. The third-order valence-corrected chi connectivity index (χ3v) is 5.75. The van der Waals surface area contributed by atoms with E-state index >= 15 is 0 Å². The molecule has 1 aromatic rings. The number of aromatic nitrogens is 1. The predicted molar refractivity (Wildman–Crippen MR) is 75.1 cm³/mol. The molecule has 1 heterocycles. The molecule has 1 rings (SSSR count). The fourth-order valence-corrected chi connectivity index (χ4v) is 3.44. The van der Waals surface area contributed by atoms with Gasteiger partial charge in [-0.25, -0.2) is 0 Å². The van der Waals surface area contributed by atoms with Gasteiger partial charge in [-0.2, -0.15) is 0 Å². The van der Waals surface area contributed by atoms with Crippen LogP contribution < -0.4 is 0 Å². The molecule has 0 aliphatic carbocycles. The first-order chi connectivity index (χ1) is 9.65. The molecule has 0 bridgehead atoms. The molecule has 0 spiro atoms. The number of hydrogen-bond acceptors (Lipinski definition) is 6. The summed E-state index contributed by atoms with van der Waals surface area (Å²) in [6.45, 7) is 0.328. The fraction of sp³-hybridized carbons (Fsp3) is 0.538. The summed E-state index contributed by atoms with van der Waals surface area (Å²) < 4.78 is 21.0. The van der Waals surface area contributed by atoms with E-state index in [0.717, 1.165) is 5.56 Å².